The SMILES string of the molecule is CCCCC[C@H](C)NC(=O)CN1C(=O)N[C@](CC)(c2ccc(OC)cc2)C1=O. The predicted molar refractivity (Wildman–Crippen MR) is 107 cm³/mol. The van der Waals surface area contributed by atoms with Crippen LogP contribution >= 0.6 is 0 Å². The molecule has 0 spiro atoms. The van der Waals surface area contributed by atoms with Crippen LogP contribution in [0.25, 0.3) is 0 Å². The lowest BCUT2D eigenvalue weighted by Crippen LogP contribution is -2.45. The largest absolute Gasteiger partial charge is 0.497 e. The van der Waals surface area contributed by atoms with Crippen LogP contribution in [-0.2, 0) is 15.1 Å². The van der Waals surface area contributed by atoms with Gasteiger partial charge in [-0.3, -0.25) is 14.5 Å². The zero-order valence-electron chi connectivity index (χ0n) is 17.2. The number of imide groups is 1. The summed E-state index contributed by atoms with van der Waals surface area (Å²) >= 11 is 0. The first-order valence-electron chi connectivity index (χ1n) is 9.96. The van der Waals surface area contributed by atoms with Crippen LogP contribution in [0, 0.1) is 0 Å². The molecule has 1 aliphatic rings. The van der Waals surface area contributed by atoms with Gasteiger partial charge in [0.25, 0.3) is 5.91 Å². The fourth-order valence-electron chi connectivity index (χ4n) is 3.52. The average Bonchev–Trinajstić information content (AvgIpc) is 2.93. The average molecular weight is 389 g/mol. The minimum Gasteiger partial charge on any atom is -0.497 e. The normalized spacial score (nSPS) is 20.1. The summed E-state index contributed by atoms with van der Waals surface area (Å²) in [6.07, 6.45) is 4.54. The zero-order chi connectivity index (χ0) is 20.7. The van der Waals surface area contributed by atoms with Crippen molar-refractivity contribution in [3.05, 3.63) is 29.8 Å². The van der Waals surface area contributed by atoms with E-state index in [1.807, 2.05) is 13.8 Å². The number of hydrogen-bond donors (Lipinski definition) is 2. The third-order valence-corrected chi connectivity index (χ3v) is 5.24. The number of amides is 4. The smallest absolute Gasteiger partial charge is 0.325 e. The molecule has 2 rings (SSSR count). The van der Waals surface area contributed by atoms with Gasteiger partial charge in [0.15, 0.2) is 0 Å². The number of methoxy groups -OCH3 is 1. The first kappa shape index (κ1) is 21.7. The molecule has 4 amide bonds. The van der Waals surface area contributed by atoms with Crippen LogP contribution in [-0.4, -0.2) is 42.4 Å². The second kappa shape index (κ2) is 9.57. The molecule has 0 aliphatic carbocycles. The molecule has 0 saturated carbocycles. The second-order valence-electron chi connectivity index (χ2n) is 7.27. The number of nitrogens with zero attached hydrogens (tertiary/aromatic N) is 1. The Bertz CT molecular complexity index is 704. The summed E-state index contributed by atoms with van der Waals surface area (Å²) < 4.78 is 5.16. The topological polar surface area (TPSA) is 87.7 Å². The maximum absolute atomic E-state index is 13.1. The lowest BCUT2D eigenvalue weighted by atomic mass is 9.87. The Balaban J connectivity index is 2.07. The molecule has 0 radical (unpaired) electrons. The molecule has 0 bridgehead atoms. The van der Waals surface area contributed by atoms with Gasteiger partial charge >= 0.3 is 6.03 Å². The summed E-state index contributed by atoms with van der Waals surface area (Å²) in [7, 11) is 1.57. The summed E-state index contributed by atoms with van der Waals surface area (Å²) in [6, 6.07) is 6.49. The van der Waals surface area contributed by atoms with E-state index < -0.39 is 17.5 Å². The zero-order valence-corrected chi connectivity index (χ0v) is 17.2. The van der Waals surface area contributed by atoms with Gasteiger partial charge in [-0.05, 0) is 37.5 Å². The highest BCUT2D eigenvalue weighted by atomic mass is 16.5. The number of carbonyl (C=O) groups excluding carboxylic acids is 3. The fraction of sp³-hybridized carbons (Fsp3) is 0.571. The predicted octanol–water partition coefficient (Wildman–Crippen LogP) is 2.94. The van der Waals surface area contributed by atoms with Crippen molar-refractivity contribution in [2.24, 2.45) is 0 Å². The molecule has 1 saturated heterocycles. The van der Waals surface area contributed by atoms with Crippen LogP contribution in [0.5, 0.6) is 5.75 Å². The fourth-order valence-corrected chi connectivity index (χ4v) is 3.52. The first-order chi connectivity index (χ1) is 13.4. The first-order valence-corrected chi connectivity index (χ1v) is 9.96. The second-order valence-corrected chi connectivity index (χ2v) is 7.27. The Hall–Kier alpha value is -2.57. The number of nitrogens with one attached hydrogen (secondary N) is 2. The van der Waals surface area contributed by atoms with Crippen LogP contribution in [0.4, 0.5) is 4.79 Å². The monoisotopic (exact) mass is 389 g/mol. The summed E-state index contributed by atoms with van der Waals surface area (Å²) in [6.45, 7) is 5.62. The number of ether oxygens (including phenoxy) is 1. The van der Waals surface area contributed by atoms with Gasteiger partial charge in [-0.1, -0.05) is 45.2 Å². The molecule has 28 heavy (non-hydrogen) atoms. The standard InChI is InChI=1S/C21H31N3O4/c1-5-7-8-9-15(3)22-18(25)14-24-19(26)21(6-2,23-20(24)27)16-10-12-17(28-4)13-11-16/h10-13,15H,5-9,14H2,1-4H3,(H,22,25)(H,23,27)/t15-,21+/m0/s1. The van der Waals surface area contributed by atoms with E-state index in [4.69, 9.17) is 4.74 Å². The van der Waals surface area contributed by atoms with Crippen LogP contribution in [0.3, 0.4) is 0 Å². The highest BCUT2D eigenvalue weighted by Gasteiger charge is 2.51. The van der Waals surface area contributed by atoms with Gasteiger partial charge in [-0.25, -0.2) is 4.79 Å². The van der Waals surface area contributed by atoms with Crippen LogP contribution in [0.15, 0.2) is 24.3 Å². The minimum atomic E-state index is -1.16. The molecule has 1 fully saturated rings. The molecule has 7 nitrogen and oxygen atoms in total. The number of carbonyl (C=O) groups is 3. The van der Waals surface area contributed by atoms with Crippen molar-refractivity contribution in [2.75, 3.05) is 13.7 Å². The van der Waals surface area contributed by atoms with Gasteiger partial charge in [0.1, 0.15) is 17.8 Å². The van der Waals surface area contributed by atoms with Gasteiger partial charge < -0.3 is 15.4 Å². The molecule has 1 heterocycles. The Morgan fingerprint density at radius 3 is 2.46 bits per heavy atom. The summed E-state index contributed by atoms with van der Waals surface area (Å²) in [4.78, 5) is 38.9. The van der Waals surface area contributed by atoms with Gasteiger partial charge in [0.05, 0.1) is 7.11 Å². The Labute approximate surface area is 166 Å². The maximum Gasteiger partial charge on any atom is 0.325 e. The Kier molecular flexibility index (Phi) is 7.43. The maximum atomic E-state index is 13.1. The van der Waals surface area contributed by atoms with Crippen molar-refractivity contribution in [3.63, 3.8) is 0 Å². The van der Waals surface area contributed by atoms with Crippen molar-refractivity contribution in [1.82, 2.24) is 15.5 Å². The summed E-state index contributed by atoms with van der Waals surface area (Å²) in [5, 5.41) is 5.67. The van der Waals surface area contributed by atoms with Gasteiger partial charge in [-0.15, -0.1) is 0 Å². The molecular formula is C21H31N3O4. The number of hydrogen-bond acceptors (Lipinski definition) is 4. The quantitative estimate of drug-likeness (QED) is 0.476. The molecule has 2 N–H and O–H groups in total. The lowest BCUT2D eigenvalue weighted by Gasteiger charge is -2.26. The minimum absolute atomic E-state index is 0.0114. The molecule has 1 aromatic rings. The van der Waals surface area contributed by atoms with E-state index in [1.165, 1.54) is 0 Å². The lowest BCUT2D eigenvalue weighted by molar-refractivity contribution is -0.135. The number of benzene rings is 1. The van der Waals surface area contributed by atoms with E-state index in [0.717, 1.165) is 30.6 Å². The van der Waals surface area contributed by atoms with Crippen molar-refractivity contribution >= 4 is 17.8 Å². The third-order valence-electron chi connectivity index (χ3n) is 5.24. The van der Waals surface area contributed by atoms with E-state index in [-0.39, 0.29) is 18.5 Å². The van der Waals surface area contributed by atoms with Crippen LogP contribution in [0.1, 0.15) is 58.4 Å². The van der Waals surface area contributed by atoms with Crippen molar-refractivity contribution in [1.29, 1.82) is 0 Å². The van der Waals surface area contributed by atoms with Crippen molar-refractivity contribution in [3.8, 4) is 5.75 Å². The molecular weight excluding hydrogens is 358 g/mol. The van der Waals surface area contributed by atoms with E-state index in [2.05, 4.69) is 17.6 Å². The van der Waals surface area contributed by atoms with Crippen molar-refractivity contribution < 1.29 is 19.1 Å². The summed E-state index contributed by atoms with van der Waals surface area (Å²) in [5.74, 6) is -0.0619. The van der Waals surface area contributed by atoms with E-state index in [1.54, 1.807) is 31.4 Å². The highest BCUT2D eigenvalue weighted by Crippen LogP contribution is 2.33. The molecule has 1 aliphatic heterocycles. The number of unbranched alkanes of at least 4 members (excludes halogenated alkanes) is 2. The van der Waals surface area contributed by atoms with Crippen molar-refractivity contribution in [2.45, 2.75) is 64.5 Å². The van der Waals surface area contributed by atoms with Gasteiger partial charge in [0, 0.05) is 6.04 Å². The van der Waals surface area contributed by atoms with Crippen LogP contribution in [0.2, 0.25) is 0 Å². The number of rotatable bonds is 10. The Morgan fingerprint density at radius 2 is 1.89 bits per heavy atom. The molecule has 2 atom stereocenters. The Morgan fingerprint density at radius 1 is 1.21 bits per heavy atom. The molecule has 7 heteroatoms. The van der Waals surface area contributed by atoms with E-state index in [0.29, 0.717) is 17.7 Å². The van der Waals surface area contributed by atoms with Gasteiger partial charge in [0.2, 0.25) is 5.91 Å². The van der Waals surface area contributed by atoms with E-state index in [9.17, 15) is 14.4 Å². The van der Waals surface area contributed by atoms with E-state index >= 15 is 0 Å². The van der Waals surface area contributed by atoms with Gasteiger partial charge in [-0.2, -0.15) is 0 Å². The molecule has 154 valence electrons. The third kappa shape index (κ3) is 4.64. The summed E-state index contributed by atoms with van der Waals surface area (Å²) in [5.41, 5.74) is -0.485. The molecule has 1 aromatic carbocycles. The molecule has 0 unspecified atom stereocenters. The van der Waals surface area contributed by atoms with Crippen LogP contribution < -0.4 is 15.4 Å². The highest BCUT2D eigenvalue weighted by molar-refractivity contribution is 6.09. The number of urea groups is 1. The molecule has 0 aromatic heterocycles.